The Labute approximate surface area is 150 Å². The highest BCUT2D eigenvalue weighted by molar-refractivity contribution is 7.84. The lowest BCUT2D eigenvalue weighted by Gasteiger charge is -2.22. The first-order chi connectivity index (χ1) is 10.6. The molecule has 0 N–H and O–H groups in total. The monoisotopic (exact) mass is 425 g/mol. The lowest BCUT2D eigenvalue weighted by molar-refractivity contribution is 1.69. The first-order valence-corrected chi connectivity index (χ1v) is 10.7. The zero-order valence-electron chi connectivity index (χ0n) is 10.7. The lowest BCUT2D eigenvalue weighted by atomic mass is 10.3. The standard InChI is InChI=1S/C12H6Cl4N3P3/c13-8-6-9(11(15)12(16)10(8)14)22(18-20-17-21-19-22)7-4-2-1-3-5-7/h1-6H. The van der Waals surface area contributed by atoms with E-state index in [1.165, 1.54) is 0 Å². The van der Waals surface area contributed by atoms with Crippen LogP contribution in [0.1, 0.15) is 0 Å². The maximum Gasteiger partial charge on any atom is 0.161 e. The molecule has 3 rings (SSSR count). The Morgan fingerprint density at radius 2 is 1.59 bits per heavy atom. The molecule has 0 bridgehead atoms. The number of nitrogens with zero attached hydrogens (tertiary/aromatic N) is 3. The molecule has 10 heteroatoms. The summed E-state index contributed by atoms with van der Waals surface area (Å²) in [5.41, 5.74) is 0. The molecule has 0 saturated carbocycles. The van der Waals surface area contributed by atoms with Crippen LogP contribution in [0.15, 0.2) is 49.9 Å². The predicted molar refractivity (Wildman–Crippen MR) is 100 cm³/mol. The zero-order chi connectivity index (χ0) is 15.7. The van der Waals surface area contributed by atoms with Crippen LogP contribution in [-0.2, 0) is 0 Å². The Balaban J connectivity index is 2.38. The van der Waals surface area contributed by atoms with Crippen LogP contribution in [0.3, 0.4) is 0 Å². The minimum atomic E-state index is -2.43. The number of hydrogen-bond donors (Lipinski definition) is 0. The summed E-state index contributed by atoms with van der Waals surface area (Å²) in [5.74, 6) is 0. The first-order valence-electron chi connectivity index (χ1n) is 5.89. The molecule has 0 aliphatic carbocycles. The van der Waals surface area contributed by atoms with Gasteiger partial charge in [0.2, 0.25) is 0 Å². The summed E-state index contributed by atoms with van der Waals surface area (Å²) >= 11 is 24.9. The van der Waals surface area contributed by atoms with Gasteiger partial charge in [0.25, 0.3) is 0 Å². The third kappa shape index (κ3) is 2.90. The first kappa shape index (κ1) is 16.9. The van der Waals surface area contributed by atoms with Crippen LogP contribution in [0.2, 0.25) is 20.1 Å². The maximum atomic E-state index is 6.44. The van der Waals surface area contributed by atoms with Crippen molar-refractivity contribution in [2.75, 3.05) is 0 Å². The van der Waals surface area contributed by atoms with Crippen LogP contribution in [0.25, 0.3) is 0 Å². The minimum Gasteiger partial charge on any atom is -0.195 e. The van der Waals surface area contributed by atoms with Crippen LogP contribution >= 0.6 is 70.7 Å². The molecule has 3 nitrogen and oxygen atoms in total. The highest BCUT2D eigenvalue weighted by Gasteiger charge is 2.30. The van der Waals surface area contributed by atoms with E-state index in [1.54, 1.807) is 6.07 Å². The SMILES string of the molecule is Clc1cc(P2(c3ccccc3)=NP=NP=N2)c(Cl)c(Cl)c1Cl. The second-order valence-electron chi connectivity index (χ2n) is 4.20. The van der Waals surface area contributed by atoms with E-state index in [2.05, 4.69) is 13.5 Å². The Morgan fingerprint density at radius 1 is 0.864 bits per heavy atom. The van der Waals surface area contributed by atoms with Gasteiger partial charge in [-0.3, -0.25) is 0 Å². The van der Waals surface area contributed by atoms with Crippen molar-refractivity contribution in [2.45, 2.75) is 0 Å². The number of halogens is 4. The number of benzene rings is 2. The van der Waals surface area contributed by atoms with E-state index in [1.807, 2.05) is 30.3 Å². The molecular weight excluding hydrogens is 421 g/mol. The third-order valence-corrected chi connectivity index (χ3v) is 10.2. The van der Waals surface area contributed by atoms with E-state index >= 15 is 0 Å². The third-order valence-electron chi connectivity index (χ3n) is 2.95. The molecule has 2 aromatic rings. The fourth-order valence-electron chi connectivity index (χ4n) is 1.95. The molecule has 1 heterocycles. The normalized spacial score (nSPS) is 21.5. The van der Waals surface area contributed by atoms with Gasteiger partial charge in [-0.15, -0.1) is 0 Å². The van der Waals surface area contributed by atoms with E-state index in [9.17, 15) is 0 Å². The fourth-order valence-corrected chi connectivity index (χ4v) is 8.87. The highest BCUT2D eigenvalue weighted by Crippen LogP contribution is 2.58. The van der Waals surface area contributed by atoms with Crippen LogP contribution in [0, 0.1) is 0 Å². The average Bonchev–Trinajstić information content (AvgIpc) is 2.57. The second kappa shape index (κ2) is 6.88. The van der Waals surface area contributed by atoms with E-state index < -0.39 is 7.21 Å². The molecule has 1 unspecified atom stereocenters. The smallest absolute Gasteiger partial charge is 0.161 e. The summed E-state index contributed by atoms with van der Waals surface area (Å²) in [7, 11) is -1.20. The van der Waals surface area contributed by atoms with Crippen molar-refractivity contribution in [2.24, 2.45) is 13.5 Å². The number of hydrogen-bond acceptors (Lipinski definition) is 3. The molecule has 1 aliphatic rings. The predicted octanol–water partition coefficient (Wildman–Crippen LogP) is 7.47. The Bertz CT molecular complexity index is 852. The van der Waals surface area contributed by atoms with Gasteiger partial charge in [0.05, 0.1) is 20.1 Å². The molecule has 0 fully saturated rings. The molecule has 1 atom stereocenters. The topological polar surface area (TPSA) is 37.1 Å². The molecule has 0 aromatic heterocycles. The minimum absolute atomic E-state index is 0.224. The molecular formula is C12H6Cl4N3P3. The van der Waals surface area contributed by atoms with Gasteiger partial charge in [0.15, 0.2) is 17.0 Å². The average molecular weight is 427 g/mol. The Kier molecular flexibility index (Phi) is 5.27. The van der Waals surface area contributed by atoms with Crippen LogP contribution in [0.5, 0.6) is 0 Å². The Morgan fingerprint density at radius 3 is 2.23 bits per heavy atom. The molecule has 0 saturated heterocycles. The van der Waals surface area contributed by atoms with Crippen molar-refractivity contribution in [1.82, 2.24) is 0 Å². The van der Waals surface area contributed by atoms with Crippen LogP contribution < -0.4 is 10.6 Å². The highest BCUT2D eigenvalue weighted by atomic mass is 35.5. The summed E-state index contributed by atoms with van der Waals surface area (Å²) in [4.78, 5) is 0. The second-order valence-corrected chi connectivity index (χ2v) is 10.4. The molecule has 0 spiro atoms. The Hall–Kier alpha value is 0.0300. The van der Waals surface area contributed by atoms with Gasteiger partial charge in [-0.05, 0) is 6.07 Å². The van der Waals surface area contributed by atoms with Crippen molar-refractivity contribution < 1.29 is 0 Å². The van der Waals surface area contributed by atoms with Crippen LogP contribution in [0.4, 0.5) is 0 Å². The van der Waals surface area contributed by atoms with E-state index in [4.69, 9.17) is 46.4 Å². The van der Waals surface area contributed by atoms with E-state index in [0.29, 0.717) is 32.4 Å². The van der Waals surface area contributed by atoms with Crippen LogP contribution in [-0.4, -0.2) is 0 Å². The summed E-state index contributed by atoms with van der Waals surface area (Å²) in [6.45, 7) is 0. The van der Waals surface area contributed by atoms with Gasteiger partial charge >= 0.3 is 0 Å². The summed E-state index contributed by atoms with van der Waals surface area (Å²) in [6, 6.07) is 11.5. The van der Waals surface area contributed by atoms with Crippen molar-refractivity contribution in [1.29, 1.82) is 0 Å². The van der Waals surface area contributed by atoms with Gasteiger partial charge in [0, 0.05) is 10.6 Å². The van der Waals surface area contributed by atoms with Crippen molar-refractivity contribution in [3.05, 3.63) is 56.5 Å². The molecule has 0 radical (unpaired) electrons. The van der Waals surface area contributed by atoms with Crippen molar-refractivity contribution in [3.63, 3.8) is 0 Å². The zero-order valence-corrected chi connectivity index (χ0v) is 16.4. The molecule has 112 valence electrons. The van der Waals surface area contributed by atoms with Crippen molar-refractivity contribution in [3.8, 4) is 0 Å². The largest absolute Gasteiger partial charge is 0.195 e. The molecule has 0 amide bonds. The number of rotatable bonds is 2. The molecule has 22 heavy (non-hydrogen) atoms. The quantitative estimate of drug-likeness (QED) is 0.271. The summed E-state index contributed by atoms with van der Waals surface area (Å²) in [5, 5.41) is 2.81. The molecule has 1 aliphatic heterocycles. The van der Waals surface area contributed by atoms with Gasteiger partial charge in [-0.1, -0.05) is 76.7 Å². The van der Waals surface area contributed by atoms with Gasteiger partial charge < -0.3 is 0 Å². The van der Waals surface area contributed by atoms with Gasteiger partial charge in [-0.25, -0.2) is 0 Å². The fraction of sp³-hybridized carbons (Fsp3) is 0. The van der Waals surface area contributed by atoms with Gasteiger partial charge in [-0.2, -0.15) is 13.5 Å². The summed E-state index contributed by atoms with van der Waals surface area (Å²) < 4.78 is 13.5. The van der Waals surface area contributed by atoms with Gasteiger partial charge in [0.1, 0.15) is 7.21 Å². The van der Waals surface area contributed by atoms with E-state index in [-0.39, 0.29) is 10.0 Å². The molecule has 2 aromatic carbocycles. The van der Waals surface area contributed by atoms with Crippen molar-refractivity contribution >= 4 is 81.3 Å². The maximum absolute atomic E-state index is 6.44. The summed E-state index contributed by atoms with van der Waals surface area (Å²) in [6.07, 6.45) is 0. The lowest BCUT2D eigenvalue weighted by Crippen LogP contribution is -2.16. The van der Waals surface area contributed by atoms with E-state index in [0.717, 1.165) is 5.30 Å².